The van der Waals surface area contributed by atoms with Gasteiger partial charge in [0.2, 0.25) is 5.82 Å². The smallest absolute Gasteiger partial charge is 0.335 e. The number of nitrogens with one attached hydrogen (secondary N) is 1. The van der Waals surface area contributed by atoms with Crippen molar-refractivity contribution >= 4 is 23.7 Å². The van der Waals surface area contributed by atoms with Crippen molar-refractivity contribution in [3.63, 3.8) is 0 Å². The first-order valence-corrected chi connectivity index (χ1v) is 9.04. The van der Waals surface area contributed by atoms with E-state index in [1.165, 1.54) is 0 Å². The number of rotatable bonds is 8. The molecule has 1 aromatic rings. The fourth-order valence-electron chi connectivity index (χ4n) is 2.66. The number of aliphatic hydroxyl groups is 2. The van der Waals surface area contributed by atoms with E-state index >= 15 is 0 Å². The topological polar surface area (TPSA) is 133 Å². The molecule has 1 aliphatic rings. The normalized spacial score (nSPS) is 16.7. The van der Waals surface area contributed by atoms with Gasteiger partial charge in [-0.1, -0.05) is 0 Å². The van der Waals surface area contributed by atoms with Crippen LogP contribution in [0.3, 0.4) is 0 Å². The van der Waals surface area contributed by atoms with Crippen LogP contribution in [0.15, 0.2) is 0 Å². The van der Waals surface area contributed by atoms with Crippen LogP contribution in [0.5, 0.6) is 0 Å². The molecule has 9 nitrogen and oxygen atoms in total. The Balaban J connectivity index is 1.94. The largest absolute Gasteiger partial charge is 0.390 e. The molecule has 1 aliphatic heterocycles. The third kappa shape index (κ3) is 5.19. The Morgan fingerprint density at radius 3 is 2.00 bits per heavy atom. The van der Waals surface area contributed by atoms with Crippen molar-refractivity contribution in [2.24, 2.45) is 0 Å². The molecule has 176 valence electrons. The van der Waals surface area contributed by atoms with Crippen LogP contribution in [-0.4, -0.2) is 57.2 Å². The third-order valence-electron chi connectivity index (χ3n) is 4.63. The van der Waals surface area contributed by atoms with Gasteiger partial charge in [-0.3, -0.25) is 14.4 Å². The zero-order valence-corrected chi connectivity index (χ0v) is 16.4. The second kappa shape index (κ2) is 9.56. The first-order valence-electron chi connectivity index (χ1n) is 9.04. The van der Waals surface area contributed by atoms with Gasteiger partial charge in [-0.05, 0) is 13.3 Å². The monoisotopic (exact) mass is 468 g/mol. The maximum atomic E-state index is 13.6. The van der Waals surface area contributed by atoms with E-state index in [9.17, 15) is 51.3 Å². The van der Waals surface area contributed by atoms with Crippen LogP contribution < -0.4 is 5.32 Å². The molecule has 1 fully saturated rings. The number of aliphatic hydroxyl groups excluding tert-OH is 1. The van der Waals surface area contributed by atoms with Crippen molar-refractivity contribution < 1.29 is 56.2 Å². The number of amides is 3. The number of benzene rings is 1. The van der Waals surface area contributed by atoms with Gasteiger partial charge in [0.1, 0.15) is 5.56 Å². The van der Waals surface area contributed by atoms with E-state index < -0.39 is 89.4 Å². The van der Waals surface area contributed by atoms with Crippen LogP contribution in [0.25, 0.3) is 0 Å². The lowest BCUT2D eigenvalue weighted by Crippen LogP contribution is -2.44. The van der Waals surface area contributed by atoms with E-state index in [0.717, 1.165) is 6.92 Å². The van der Waals surface area contributed by atoms with Crippen LogP contribution >= 0.6 is 0 Å². The van der Waals surface area contributed by atoms with Gasteiger partial charge in [0.05, 0.1) is 18.1 Å². The molecular formula is C18H17F5N2O7. The fraction of sp³-hybridized carbons (Fsp3) is 0.444. The van der Waals surface area contributed by atoms with E-state index in [2.05, 4.69) is 4.84 Å². The quantitative estimate of drug-likeness (QED) is 0.220. The summed E-state index contributed by atoms with van der Waals surface area (Å²) in [5.41, 5.74) is -3.84. The average molecular weight is 468 g/mol. The number of carbonyl (C=O) groups excluding carboxylic acids is 4. The van der Waals surface area contributed by atoms with E-state index in [4.69, 9.17) is 0 Å². The number of nitrogens with zero attached hydrogens (tertiary/aromatic N) is 1. The minimum absolute atomic E-state index is 0.158. The summed E-state index contributed by atoms with van der Waals surface area (Å²) < 4.78 is 66.7. The van der Waals surface area contributed by atoms with Crippen molar-refractivity contribution in [1.29, 1.82) is 0 Å². The Bertz CT molecular complexity index is 925. The predicted molar refractivity (Wildman–Crippen MR) is 91.6 cm³/mol. The van der Waals surface area contributed by atoms with Gasteiger partial charge in [0.15, 0.2) is 23.3 Å². The van der Waals surface area contributed by atoms with Gasteiger partial charge in [-0.2, -0.15) is 0 Å². The number of hydrogen-bond acceptors (Lipinski definition) is 7. The van der Waals surface area contributed by atoms with Crippen LogP contribution in [0.4, 0.5) is 22.0 Å². The zero-order chi connectivity index (χ0) is 24.4. The molecule has 1 saturated heterocycles. The van der Waals surface area contributed by atoms with Crippen molar-refractivity contribution in [3.05, 3.63) is 34.6 Å². The van der Waals surface area contributed by atoms with Crippen LogP contribution in [0, 0.1) is 29.1 Å². The minimum atomic E-state index is -2.44. The highest BCUT2D eigenvalue weighted by Crippen LogP contribution is 2.23. The average Bonchev–Trinajstić information content (AvgIpc) is 3.02. The van der Waals surface area contributed by atoms with Gasteiger partial charge in [0.25, 0.3) is 17.7 Å². The van der Waals surface area contributed by atoms with Crippen LogP contribution in [0.1, 0.15) is 43.0 Å². The molecule has 2 atom stereocenters. The van der Waals surface area contributed by atoms with Gasteiger partial charge >= 0.3 is 5.97 Å². The van der Waals surface area contributed by atoms with Gasteiger partial charge in [0, 0.05) is 19.4 Å². The fourth-order valence-corrected chi connectivity index (χ4v) is 2.66. The summed E-state index contributed by atoms with van der Waals surface area (Å²) in [6.07, 6.45) is -3.57. The Labute approximate surface area is 176 Å². The maximum absolute atomic E-state index is 13.6. The highest BCUT2D eigenvalue weighted by atomic mass is 19.2. The first-order chi connectivity index (χ1) is 14.8. The number of halogens is 5. The Morgan fingerprint density at radius 2 is 1.50 bits per heavy atom. The summed E-state index contributed by atoms with van der Waals surface area (Å²) in [5.74, 6) is -16.2. The third-order valence-corrected chi connectivity index (χ3v) is 4.63. The summed E-state index contributed by atoms with van der Waals surface area (Å²) in [4.78, 5) is 50.9. The van der Waals surface area contributed by atoms with Crippen molar-refractivity contribution in [2.45, 2.75) is 44.3 Å². The molecule has 0 saturated carbocycles. The minimum Gasteiger partial charge on any atom is -0.390 e. The molecule has 0 bridgehead atoms. The van der Waals surface area contributed by atoms with Crippen molar-refractivity contribution in [1.82, 2.24) is 10.4 Å². The lowest BCUT2D eigenvalue weighted by Gasteiger charge is -2.28. The lowest BCUT2D eigenvalue weighted by molar-refractivity contribution is -0.200. The summed E-state index contributed by atoms with van der Waals surface area (Å²) >= 11 is 0. The van der Waals surface area contributed by atoms with Gasteiger partial charge < -0.3 is 20.4 Å². The highest BCUT2D eigenvalue weighted by Gasteiger charge is 2.37. The summed E-state index contributed by atoms with van der Waals surface area (Å²) in [7, 11) is 0. The molecule has 2 unspecified atom stereocenters. The molecule has 2 rings (SSSR count). The van der Waals surface area contributed by atoms with E-state index in [1.54, 1.807) is 0 Å². The second-order valence-electron chi connectivity index (χ2n) is 7.07. The lowest BCUT2D eigenvalue weighted by atomic mass is 9.93. The van der Waals surface area contributed by atoms with E-state index in [-0.39, 0.29) is 17.9 Å². The summed E-state index contributed by atoms with van der Waals surface area (Å²) in [6.45, 7) is 0.405. The molecule has 1 heterocycles. The first kappa shape index (κ1) is 25.1. The number of imide groups is 1. The summed E-state index contributed by atoms with van der Waals surface area (Å²) in [6, 6.07) is 0. The molecule has 32 heavy (non-hydrogen) atoms. The van der Waals surface area contributed by atoms with Crippen LogP contribution in [-0.2, 0) is 19.2 Å². The molecule has 0 spiro atoms. The maximum Gasteiger partial charge on any atom is 0.335 e. The Hall–Kier alpha value is -3.13. The van der Waals surface area contributed by atoms with Crippen molar-refractivity contribution in [2.75, 3.05) is 6.54 Å². The van der Waals surface area contributed by atoms with Crippen molar-refractivity contribution in [3.8, 4) is 0 Å². The zero-order valence-electron chi connectivity index (χ0n) is 16.4. The number of hydrogen-bond donors (Lipinski definition) is 3. The Morgan fingerprint density at radius 1 is 1.03 bits per heavy atom. The summed E-state index contributed by atoms with van der Waals surface area (Å²) in [5, 5.41) is 22.3. The molecule has 3 amide bonds. The molecular weight excluding hydrogens is 451 g/mol. The highest BCUT2D eigenvalue weighted by molar-refractivity contribution is 6.01. The molecule has 0 radical (unpaired) electrons. The molecule has 3 N–H and O–H groups in total. The Kier molecular flexibility index (Phi) is 7.51. The SMILES string of the molecule is CC(O)(CCNC(=O)c1c(F)c(F)c(F)c(F)c1F)C(O)CC(=O)ON1C(=O)CCC1=O. The van der Waals surface area contributed by atoms with Gasteiger partial charge in [-0.15, -0.1) is 5.06 Å². The second-order valence-corrected chi connectivity index (χ2v) is 7.07. The molecule has 0 aliphatic carbocycles. The molecule has 1 aromatic carbocycles. The van der Waals surface area contributed by atoms with Gasteiger partial charge in [-0.25, -0.2) is 26.7 Å². The standard InChI is InChI=1S/C18H17F5N2O7/c1-18(31,7(26)6-10(29)32-25-8(27)2-3-9(25)28)4-5-24-17(30)11-12(19)14(21)16(23)15(22)13(11)20/h7,26,31H,2-6H2,1H3,(H,24,30). The molecule has 0 aromatic heterocycles. The van der Waals surface area contributed by atoms with E-state index in [1.807, 2.05) is 5.32 Å². The molecule has 14 heteroatoms. The van der Waals surface area contributed by atoms with Crippen LogP contribution in [0.2, 0.25) is 0 Å². The number of hydroxylamine groups is 2. The predicted octanol–water partition coefficient (Wildman–Crippen LogP) is 0.611. The number of carbonyl (C=O) groups is 4. The van der Waals surface area contributed by atoms with E-state index in [0.29, 0.717) is 0 Å².